The SMILES string of the molecule is O=[N+]([O-])c1ccc(Oc2ccc(CBr)cn2)c(F)c1. The maximum atomic E-state index is 13.6. The van der Waals surface area contributed by atoms with E-state index in [-0.39, 0.29) is 17.3 Å². The lowest BCUT2D eigenvalue weighted by Crippen LogP contribution is -1.94. The fourth-order valence-electron chi connectivity index (χ4n) is 1.35. The predicted octanol–water partition coefficient (Wildman–Crippen LogP) is 3.82. The molecular weight excluding hydrogens is 319 g/mol. The molecule has 19 heavy (non-hydrogen) atoms. The van der Waals surface area contributed by atoms with Crippen LogP contribution in [0.1, 0.15) is 5.56 Å². The van der Waals surface area contributed by atoms with Crippen molar-refractivity contribution in [2.24, 2.45) is 0 Å². The molecule has 0 radical (unpaired) electrons. The second kappa shape index (κ2) is 5.75. The third-order valence-corrected chi connectivity index (χ3v) is 2.94. The summed E-state index contributed by atoms with van der Waals surface area (Å²) in [5.74, 6) is -0.692. The summed E-state index contributed by atoms with van der Waals surface area (Å²) in [5, 5.41) is 11.1. The smallest absolute Gasteiger partial charge is 0.272 e. The third kappa shape index (κ3) is 3.25. The summed E-state index contributed by atoms with van der Waals surface area (Å²) in [6, 6.07) is 6.55. The van der Waals surface area contributed by atoms with Crippen LogP contribution >= 0.6 is 15.9 Å². The Kier molecular flexibility index (Phi) is 4.06. The standard InChI is InChI=1S/C12H8BrFN2O3/c13-6-8-1-4-12(15-7-8)19-11-3-2-9(16(17)18)5-10(11)14/h1-5,7H,6H2. The van der Waals surface area contributed by atoms with E-state index in [0.717, 1.165) is 11.6 Å². The van der Waals surface area contributed by atoms with E-state index in [1.807, 2.05) is 0 Å². The highest BCUT2D eigenvalue weighted by Crippen LogP contribution is 2.26. The Hall–Kier alpha value is -2.02. The minimum atomic E-state index is -0.805. The molecule has 98 valence electrons. The number of pyridine rings is 1. The zero-order chi connectivity index (χ0) is 13.8. The van der Waals surface area contributed by atoms with Gasteiger partial charge in [0.2, 0.25) is 5.88 Å². The largest absolute Gasteiger partial charge is 0.436 e. The molecule has 0 unspecified atom stereocenters. The van der Waals surface area contributed by atoms with Crippen LogP contribution in [-0.2, 0) is 5.33 Å². The molecule has 0 amide bonds. The number of halogens is 2. The van der Waals surface area contributed by atoms with Crippen LogP contribution in [-0.4, -0.2) is 9.91 Å². The lowest BCUT2D eigenvalue weighted by Gasteiger charge is -2.05. The fraction of sp³-hybridized carbons (Fsp3) is 0.0833. The number of non-ortho nitro benzene ring substituents is 1. The van der Waals surface area contributed by atoms with E-state index in [0.29, 0.717) is 5.33 Å². The number of alkyl halides is 1. The summed E-state index contributed by atoms with van der Waals surface area (Å²) in [6.45, 7) is 0. The van der Waals surface area contributed by atoms with Gasteiger partial charge < -0.3 is 4.74 Å². The summed E-state index contributed by atoms with van der Waals surface area (Å²) in [6.07, 6.45) is 1.59. The first-order chi connectivity index (χ1) is 9.10. The lowest BCUT2D eigenvalue weighted by molar-refractivity contribution is -0.385. The van der Waals surface area contributed by atoms with Crippen LogP contribution in [0.15, 0.2) is 36.5 Å². The number of nitro groups is 1. The van der Waals surface area contributed by atoms with Crippen molar-refractivity contribution in [3.8, 4) is 11.6 Å². The van der Waals surface area contributed by atoms with Gasteiger partial charge in [0, 0.05) is 23.7 Å². The Morgan fingerprint density at radius 1 is 1.37 bits per heavy atom. The zero-order valence-electron chi connectivity index (χ0n) is 9.55. The Bertz CT molecular complexity index is 604. The quantitative estimate of drug-likeness (QED) is 0.486. The van der Waals surface area contributed by atoms with Gasteiger partial charge in [-0.05, 0) is 11.6 Å². The van der Waals surface area contributed by atoms with Crippen LogP contribution in [0.4, 0.5) is 10.1 Å². The number of hydrogen-bond donors (Lipinski definition) is 0. The minimum absolute atomic E-state index is 0.107. The average Bonchev–Trinajstić information content (AvgIpc) is 2.41. The van der Waals surface area contributed by atoms with E-state index in [9.17, 15) is 14.5 Å². The monoisotopic (exact) mass is 326 g/mol. The highest BCUT2D eigenvalue weighted by molar-refractivity contribution is 9.08. The van der Waals surface area contributed by atoms with Gasteiger partial charge in [-0.15, -0.1) is 0 Å². The Balaban J connectivity index is 2.20. The number of aromatic nitrogens is 1. The summed E-state index contributed by atoms with van der Waals surface area (Å²) >= 11 is 3.28. The second-order valence-electron chi connectivity index (χ2n) is 3.61. The van der Waals surface area contributed by atoms with Crippen LogP contribution in [0, 0.1) is 15.9 Å². The molecule has 0 bridgehead atoms. The number of benzene rings is 1. The summed E-state index contributed by atoms with van der Waals surface area (Å²) in [5.41, 5.74) is 0.629. The first kappa shape index (κ1) is 13.4. The normalized spacial score (nSPS) is 10.2. The Labute approximate surface area is 116 Å². The van der Waals surface area contributed by atoms with Crippen LogP contribution < -0.4 is 4.74 Å². The molecule has 0 saturated heterocycles. The zero-order valence-corrected chi connectivity index (χ0v) is 11.1. The lowest BCUT2D eigenvalue weighted by atomic mass is 10.3. The van der Waals surface area contributed by atoms with Crippen molar-refractivity contribution >= 4 is 21.6 Å². The molecule has 0 aliphatic rings. The van der Waals surface area contributed by atoms with Gasteiger partial charge in [-0.25, -0.2) is 9.37 Å². The van der Waals surface area contributed by atoms with Crippen molar-refractivity contribution in [2.75, 3.05) is 0 Å². The molecule has 7 heteroatoms. The van der Waals surface area contributed by atoms with Gasteiger partial charge in [-0.3, -0.25) is 10.1 Å². The summed E-state index contributed by atoms with van der Waals surface area (Å²) in [4.78, 5) is 13.8. The second-order valence-corrected chi connectivity index (χ2v) is 4.17. The molecule has 1 heterocycles. The highest BCUT2D eigenvalue weighted by atomic mass is 79.9. The van der Waals surface area contributed by atoms with Crippen LogP contribution in [0.3, 0.4) is 0 Å². The number of nitro benzene ring substituents is 1. The van der Waals surface area contributed by atoms with Gasteiger partial charge in [0.25, 0.3) is 5.69 Å². The molecule has 0 aliphatic carbocycles. The summed E-state index contributed by atoms with van der Waals surface area (Å²) < 4.78 is 18.8. The number of hydrogen-bond acceptors (Lipinski definition) is 4. The van der Waals surface area contributed by atoms with Crippen molar-refractivity contribution in [1.82, 2.24) is 4.98 Å². The van der Waals surface area contributed by atoms with Gasteiger partial charge in [-0.2, -0.15) is 0 Å². The summed E-state index contributed by atoms with van der Waals surface area (Å²) in [7, 11) is 0. The molecule has 2 rings (SSSR count). The molecule has 1 aromatic heterocycles. The van der Waals surface area contributed by atoms with Gasteiger partial charge in [0.05, 0.1) is 11.0 Å². The van der Waals surface area contributed by atoms with E-state index in [4.69, 9.17) is 4.74 Å². The first-order valence-corrected chi connectivity index (χ1v) is 6.35. The molecule has 0 aliphatic heterocycles. The van der Waals surface area contributed by atoms with E-state index >= 15 is 0 Å². The molecule has 0 N–H and O–H groups in total. The third-order valence-electron chi connectivity index (χ3n) is 2.29. The molecule has 0 atom stereocenters. The molecule has 5 nitrogen and oxygen atoms in total. The fourth-order valence-corrected chi connectivity index (χ4v) is 1.68. The van der Waals surface area contributed by atoms with E-state index < -0.39 is 10.7 Å². The van der Waals surface area contributed by atoms with Crippen LogP contribution in [0.2, 0.25) is 0 Å². The van der Waals surface area contributed by atoms with Crippen LogP contribution in [0.25, 0.3) is 0 Å². The maximum absolute atomic E-state index is 13.6. The van der Waals surface area contributed by atoms with Crippen molar-refractivity contribution < 1.29 is 14.1 Å². The number of ether oxygens (including phenoxy) is 1. The van der Waals surface area contributed by atoms with E-state index in [1.165, 1.54) is 12.1 Å². The molecule has 0 fully saturated rings. The molecular formula is C12H8BrFN2O3. The molecule has 2 aromatic rings. The molecule has 0 spiro atoms. The van der Waals surface area contributed by atoms with Crippen molar-refractivity contribution in [3.63, 3.8) is 0 Å². The Morgan fingerprint density at radius 2 is 2.16 bits per heavy atom. The Morgan fingerprint density at radius 3 is 2.68 bits per heavy atom. The van der Waals surface area contributed by atoms with E-state index in [1.54, 1.807) is 18.3 Å². The van der Waals surface area contributed by atoms with E-state index in [2.05, 4.69) is 20.9 Å². The average molecular weight is 327 g/mol. The number of rotatable bonds is 4. The number of nitrogens with zero attached hydrogens (tertiary/aromatic N) is 2. The maximum Gasteiger partial charge on any atom is 0.272 e. The minimum Gasteiger partial charge on any atom is -0.436 e. The van der Waals surface area contributed by atoms with Gasteiger partial charge >= 0.3 is 0 Å². The van der Waals surface area contributed by atoms with Gasteiger partial charge in [-0.1, -0.05) is 22.0 Å². The first-order valence-electron chi connectivity index (χ1n) is 5.23. The topological polar surface area (TPSA) is 65.3 Å². The highest BCUT2D eigenvalue weighted by Gasteiger charge is 2.12. The van der Waals surface area contributed by atoms with Crippen LogP contribution in [0.5, 0.6) is 11.6 Å². The molecule has 1 aromatic carbocycles. The van der Waals surface area contributed by atoms with Crippen molar-refractivity contribution in [2.45, 2.75) is 5.33 Å². The van der Waals surface area contributed by atoms with Gasteiger partial charge in [0.15, 0.2) is 11.6 Å². The van der Waals surface area contributed by atoms with Gasteiger partial charge in [0.1, 0.15) is 0 Å². The molecule has 0 saturated carbocycles. The predicted molar refractivity (Wildman–Crippen MR) is 70.0 cm³/mol. The van der Waals surface area contributed by atoms with Crippen molar-refractivity contribution in [1.29, 1.82) is 0 Å². The van der Waals surface area contributed by atoms with Crippen molar-refractivity contribution in [3.05, 3.63) is 58.0 Å².